The molecule has 84 valence electrons. The molecule has 3 N–H and O–H groups in total. The lowest BCUT2D eigenvalue weighted by molar-refractivity contribution is -0.111. The first kappa shape index (κ1) is 13.4. The molecule has 0 spiro atoms. The number of nitrogens with one attached hydrogen (secondary N) is 1. The predicted octanol–water partition coefficient (Wildman–Crippen LogP) is 0.513. The molecular weight excluding hydrogens is 180 g/mol. The number of nitrogens with two attached hydrogens (primary N) is 1. The topological polar surface area (TPSA) is 64.3 Å². The number of hydrogen-bond donors (Lipinski definition) is 2. The first-order valence-corrected chi connectivity index (χ1v) is 4.84. The molecule has 0 aromatic rings. The molecule has 0 aliphatic carbocycles. The Hall–Kier alpha value is -0.610. The molecule has 0 unspecified atom stereocenters. The summed E-state index contributed by atoms with van der Waals surface area (Å²) in [5.74, 6) is 0. The molecular formula is C10H22N2O2. The summed E-state index contributed by atoms with van der Waals surface area (Å²) >= 11 is 0. The lowest BCUT2D eigenvalue weighted by Crippen LogP contribution is -2.41. The van der Waals surface area contributed by atoms with Gasteiger partial charge in [0, 0.05) is 12.0 Å². The molecule has 14 heavy (non-hydrogen) atoms. The Morgan fingerprint density at radius 3 is 2.36 bits per heavy atom. The van der Waals surface area contributed by atoms with Gasteiger partial charge in [0.2, 0.25) is 6.41 Å². The van der Waals surface area contributed by atoms with Crippen molar-refractivity contribution in [2.75, 3.05) is 19.7 Å². The van der Waals surface area contributed by atoms with Crippen LogP contribution in [0.2, 0.25) is 0 Å². The van der Waals surface area contributed by atoms with Crippen molar-refractivity contribution >= 4 is 6.41 Å². The van der Waals surface area contributed by atoms with Crippen LogP contribution in [0.4, 0.5) is 0 Å². The fourth-order valence-electron chi connectivity index (χ4n) is 0.788. The van der Waals surface area contributed by atoms with Crippen LogP contribution in [0, 0.1) is 5.41 Å². The van der Waals surface area contributed by atoms with Crippen molar-refractivity contribution in [3.63, 3.8) is 0 Å². The number of rotatable bonds is 7. The highest BCUT2D eigenvalue weighted by molar-refractivity contribution is 5.45. The minimum atomic E-state index is -0.340. The molecule has 0 fully saturated rings. The van der Waals surface area contributed by atoms with E-state index in [0.29, 0.717) is 26.1 Å². The molecule has 0 saturated carbocycles. The Morgan fingerprint density at radius 2 is 1.93 bits per heavy atom. The molecule has 0 aliphatic heterocycles. The van der Waals surface area contributed by atoms with Crippen LogP contribution in [0.25, 0.3) is 0 Å². The molecule has 1 amide bonds. The van der Waals surface area contributed by atoms with Gasteiger partial charge in [-0.25, -0.2) is 0 Å². The van der Waals surface area contributed by atoms with Crippen LogP contribution in [0.3, 0.4) is 0 Å². The highest BCUT2D eigenvalue weighted by Gasteiger charge is 2.23. The SMILES string of the molecule is CC(C)(CN)COC(C)(C)CNC=O. The standard InChI is InChI=1S/C10H22N2O2/c1-9(2,5-11)7-14-10(3,4)6-12-8-13/h8H,5-7,11H2,1-4H3,(H,12,13). The summed E-state index contributed by atoms with van der Waals surface area (Å²) in [6.07, 6.45) is 0.680. The van der Waals surface area contributed by atoms with Gasteiger partial charge in [-0.2, -0.15) is 0 Å². The van der Waals surface area contributed by atoms with E-state index in [4.69, 9.17) is 10.5 Å². The lowest BCUT2D eigenvalue weighted by Gasteiger charge is -2.30. The second kappa shape index (κ2) is 5.32. The van der Waals surface area contributed by atoms with E-state index < -0.39 is 0 Å². The third-order valence-electron chi connectivity index (χ3n) is 2.02. The molecule has 4 heteroatoms. The van der Waals surface area contributed by atoms with Gasteiger partial charge in [0.1, 0.15) is 0 Å². The minimum Gasteiger partial charge on any atom is -0.373 e. The van der Waals surface area contributed by atoms with E-state index >= 15 is 0 Å². The van der Waals surface area contributed by atoms with Crippen molar-refractivity contribution in [1.82, 2.24) is 5.32 Å². The molecule has 0 aromatic heterocycles. The van der Waals surface area contributed by atoms with Crippen LogP contribution >= 0.6 is 0 Å². The van der Waals surface area contributed by atoms with Crippen molar-refractivity contribution in [3.8, 4) is 0 Å². The van der Waals surface area contributed by atoms with Crippen molar-refractivity contribution in [2.45, 2.75) is 33.3 Å². The molecule has 0 aliphatic rings. The van der Waals surface area contributed by atoms with Crippen LogP contribution in [0.15, 0.2) is 0 Å². The van der Waals surface area contributed by atoms with Crippen molar-refractivity contribution in [2.24, 2.45) is 11.1 Å². The van der Waals surface area contributed by atoms with Crippen molar-refractivity contribution in [3.05, 3.63) is 0 Å². The minimum absolute atomic E-state index is 0.0154. The summed E-state index contributed by atoms with van der Waals surface area (Å²) < 4.78 is 5.69. The van der Waals surface area contributed by atoms with Crippen LogP contribution in [-0.2, 0) is 9.53 Å². The van der Waals surface area contributed by atoms with Gasteiger partial charge in [0.25, 0.3) is 0 Å². The van der Waals surface area contributed by atoms with E-state index in [2.05, 4.69) is 19.2 Å². The molecule has 0 bridgehead atoms. The van der Waals surface area contributed by atoms with Gasteiger partial charge in [-0.1, -0.05) is 13.8 Å². The Kier molecular flexibility index (Phi) is 5.08. The van der Waals surface area contributed by atoms with E-state index in [1.54, 1.807) is 0 Å². The van der Waals surface area contributed by atoms with Crippen LogP contribution in [0.5, 0.6) is 0 Å². The number of amides is 1. The monoisotopic (exact) mass is 202 g/mol. The number of carbonyl (C=O) groups is 1. The first-order chi connectivity index (χ1) is 6.33. The third kappa shape index (κ3) is 5.94. The lowest BCUT2D eigenvalue weighted by atomic mass is 9.95. The molecule has 0 radical (unpaired) electrons. The average molecular weight is 202 g/mol. The van der Waals surface area contributed by atoms with E-state index in [1.165, 1.54) is 0 Å². The maximum Gasteiger partial charge on any atom is 0.207 e. The van der Waals surface area contributed by atoms with Gasteiger partial charge in [0.15, 0.2) is 0 Å². The zero-order valence-electron chi connectivity index (χ0n) is 9.59. The predicted molar refractivity (Wildman–Crippen MR) is 56.9 cm³/mol. The second-order valence-electron chi connectivity index (χ2n) is 4.92. The summed E-state index contributed by atoms with van der Waals surface area (Å²) in [4.78, 5) is 10.1. The van der Waals surface area contributed by atoms with Gasteiger partial charge in [-0.05, 0) is 20.4 Å². The van der Waals surface area contributed by atoms with Gasteiger partial charge in [-0.3, -0.25) is 4.79 Å². The second-order valence-corrected chi connectivity index (χ2v) is 4.92. The fraction of sp³-hybridized carbons (Fsp3) is 0.900. The molecule has 0 saturated heterocycles. The summed E-state index contributed by atoms with van der Waals surface area (Å²) in [5.41, 5.74) is 5.23. The van der Waals surface area contributed by atoms with Gasteiger partial charge in [0.05, 0.1) is 12.2 Å². The Bertz CT molecular complexity index is 179. The van der Waals surface area contributed by atoms with Crippen LogP contribution in [0.1, 0.15) is 27.7 Å². The van der Waals surface area contributed by atoms with E-state index in [-0.39, 0.29) is 11.0 Å². The Balaban J connectivity index is 3.91. The summed E-state index contributed by atoms with van der Waals surface area (Å²) in [6, 6.07) is 0. The maximum absolute atomic E-state index is 10.1. The largest absolute Gasteiger partial charge is 0.373 e. The zero-order chi connectivity index (χ0) is 11.2. The highest BCUT2D eigenvalue weighted by Crippen LogP contribution is 2.17. The number of carbonyl (C=O) groups excluding carboxylic acids is 1. The van der Waals surface area contributed by atoms with Crippen LogP contribution < -0.4 is 11.1 Å². The van der Waals surface area contributed by atoms with Gasteiger partial charge >= 0.3 is 0 Å². The van der Waals surface area contributed by atoms with Gasteiger partial charge < -0.3 is 15.8 Å². The fourth-order valence-corrected chi connectivity index (χ4v) is 0.788. The normalized spacial score (nSPS) is 12.6. The first-order valence-electron chi connectivity index (χ1n) is 4.84. The van der Waals surface area contributed by atoms with E-state index in [0.717, 1.165) is 0 Å². The highest BCUT2D eigenvalue weighted by atomic mass is 16.5. The smallest absolute Gasteiger partial charge is 0.207 e. The number of ether oxygens (including phenoxy) is 1. The van der Waals surface area contributed by atoms with E-state index in [9.17, 15) is 4.79 Å². The van der Waals surface area contributed by atoms with Crippen LogP contribution in [-0.4, -0.2) is 31.7 Å². The number of hydrogen-bond acceptors (Lipinski definition) is 3. The summed E-state index contributed by atoms with van der Waals surface area (Å²) in [7, 11) is 0. The zero-order valence-corrected chi connectivity index (χ0v) is 9.59. The molecule has 0 atom stereocenters. The average Bonchev–Trinajstić information content (AvgIpc) is 2.12. The van der Waals surface area contributed by atoms with Gasteiger partial charge in [-0.15, -0.1) is 0 Å². The molecule has 0 aromatic carbocycles. The maximum atomic E-state index is 10.1. The van der Waals surface area contributed by atoms with E-state index in [1.807, 2.05) is 13.8 Å². The molecule has 0 rings (SSSR count). The Labute approximate surface area is 86.2 Å². The Morgan fingerprint density at radius 1 is 1.36 bits per heavy atom. The molecule has 0 heterocycles. The summed E-state index contributed by atoms with van der Waals surface area (Å²) in [5, 5.41) is 2.61. The third-order valence-corrected chi connectivity index (χ3v) is 2.02. The molecule has 4 nitrogen and oxygen atoms in total. The quantitative estimate of drug-likeness (QED) is 0.591. The van der Waals surface area contributed by atoms with Crippen molar-refractivity contribution in [1.29, 1.82) is 0 Å². The summed E-state index contributed by atoms with van der Waals surface area (Å²) in [6.45, 7) is 9.68. The van der Waals surface area contributed by atoms with Crippen molar-refractivity contribution < 1.29 is 9.53 Å².